The molecular formula is C12H24BrNO3. The quantitative estimate of drug-likeness (QED) is 0.477. The molecule has 0 radical (unpaired) electrons. The Kier molecular flexibility index (Phi) is 9.28. The van der Waals surface area contributed by atoms with Gasteiger partial charge in [0.2, 0.25) is 0 Å². The second kappa shape index (κ2) is 10.3. The van der Waals surface area contributed by atoms with Crippen molar-refractivity contribution in [3.05, 3.63) is 0 Å². The number of ether oxygens (including phenoxy) is 3. The van der Waals surface area contributed by atoms with E-state index in [0.717, 1.165) is 13.2 Å². The fraction of sp³-hybridized carbons (Fsp3) is 1.00. The zero-order valence-corrected chi connectivity index (χ0v) is 12.3. The van der Waals surface area contributed by atoms with Gasteiger partial charge in [0, 0.05) is 18.5 Å². The van der Waals surface area contributed by atoms with E-state index in [1.54, 1.807) is 7.11 Å². The van der Waals surface area contributed by atoms with Gasteiger partial charge in [-0.1, -0.05) is 15.9 Å². The lowest BCUT2D eigenvalue weighted by Gasteiger charge is -2.29. The summed E-state index contributed by atoms with van der Waals surface area (Å²) in [5.74, 6) is 0. The summed E-state index contributed by atoms with van der Waals surface area (Å²) in [5.41, 5.74) is 0. The Balaban J connectivity index is 1.81. The van der Waals surface area contributed by atoms with E-state index in [2.05, 4.69) is 20.8 Å². The molecule has 4 nitrogen and oxygen atoms in total. The lowest BCUT2D eigenvalue weighted by atomic mass is 10.1. The molecule has 0 spiro atoms. The van der Waals surface area contributed by atoms with Gasteiger partial charge in [-0.05, 0) is 25.9 Å². The number of hydrogen-bond donors (Lipinski definition) is 0. The molecule has 1 saturated heterocycles. The molecule has 1 heterocycles. The molecule has 1 aliphatic rings. The maximum Gasteiger partial charge on any atom is 0.0701 e. The first-order valence-corrected chi connectivity index (χ1v) is 7.25. The summed E-state index contributed by atoms with van der Waals surface area (Å²) in [6, 6.07) is 0. The average molecular weight is 310 g/mol. The van der Waals surface area contributed by atoms with Crippen LogP contribution in [0.1, 0.15) is 12.8 Å². The molecule has 0 unspecified atom stereocenters. The van der Waals surface area contributed by atoms with Crippen molar-refractivity contribution in [1.29, 1.82) is 0 Å². The maximum absolute atomic E-state index is 5.52. The Bertz CT molecular complexity index is 175. The minimum Gasteiger partial charge on any atom is -0.382 e. The van der Waals surface area contributed by atoms with Crippen molar-refractivity contribution in [3.8, 4) is 0 Å². The first kappa shape index (κ1) is 15.4. The highest BCUT2D eigenvalue weighted by Crippen LogP contribution is 2.16. The highest BCUT2D eigenvalue weighted by molar-refractivity contribution is 9.09. The van der Waals surface area contributed by atoms with Crippen molar-refractivity contribution >= 4 is 15.9 Å². The van der Waals surface area contributed by atoms with Crippen LogP contribution in [0, 0.1) is 0 Å². The third-order valence-corrected chi connectivity index (χ3v) is 3.79. The first-order chi connectivity index (χ1) is 8.33. The second-order valence-electron chi connectivity index (χ2n) is 4.23. The number of piperidine rings is 1. The van der Waals surface area contributed by atoms with Crippen LogP contribution in [0.2, 0.25) is 0 Å². The van der Waals surface area contributed by atoms with Crippen molar-refractivity contribution < 1.29 is 14.2 Å². The summed E-state index contributed by atoms with van der Waals surface area (Å²) < 4.78 is 15.7. The van der Waals surface area contributed by atoms with Gasteiger partial charge in [-0.3, -0.25) is 0 Å². The molecule has 17 heavy (non-hydrogen) atoms. The van der Waals surface area contributed by atoms with Crippen LogP contribution in [0.4, 0.5) is 0 Å². The average Bonchev–Trinajstić information content (AvgIpc) is 2.35. The van der Waals surface area contributed by atoms with Crippen molar-refractivity contribution in [2.24, 2.45) is 0 Å². The topological polar surface area (TPSA) is 30.9 Å². The molecule has 0 saturated carbocycles. The Morgan fingerprint density at radius 2 is 1.59 bits per heavy atom. The Hall–Kier alpha value is 0.320. The summed E-state index contributed by atoms with van der Waals surface area (Å²) in [5, 5.41) is 0. The number of halogens is 1. The Morgan fingerprint density at radius 1 is 1.00 bits per heavy atom. The van der Waals surface area contributed by atoms with Crippen molar-refractivity contribution in [1.82, 2.24) is 4.90 Å². The minimum atomic E-state index is 0.651. The van der Waals surface area contributed by atoms with Gasteiger partial charge in [0.15, 0.2) is 0 Å². The molecule has 0 amide bonds. The number of alkyl halides is 1. The van der Waals surface area contributed by atoms with Gasteiger partial charge in [-0.2, -0.15) is 0 Å². The molecule has 0 aromatic heterocycles. The van der Waals surface area contributed by atoms with Crippen LogP contribution in [-0.2, 0) is 14.2 Å². The van der Waals surface area contributed by atoms with E-state index in [9.17, 15) is 0 Å². The normalized spacial score (nSPS) is 18.7. The standard InChI is InChI=1S/C12H24BrNO3/c1-15-8-9-17-11-10-16-7-6-14-4-2-12(13)3-5-14/h12H,2-11H2,1H3. The zero-order chi connectivity index (χ0) is 12.3. The molecule has 0 atom stereocenters. The predicted octanol–water partition coefficient (Wildman–Crippen LogP) is 1.53. The number of likely N-dealkylation sites (tertiary alicyclic amines) is 1. The summed E-state index contributed by atoms with van der Waals surface area (Å²) in [7, 11) is 1.68. The molecule has 0 aromatic carbocycles. The second-order valence-corrected chi connectivity index (χ2v) is 5.53. The van der Waals surface area contributed by atoms with Crippen LogP contribution in [0.3, 0.4) is 0 Å². The van der Waals surface area contributed by atoms with E-state index in [1.165, 1.54) is 25.9 Å². The Morgan fingerprint density at radius 3 is 2.24 bits per heavy atom. The van der Waals surface area contributed by atoms with Crippen LogP contribution >= 0.6 is 15.9 Å². The van der Waals surface area contributed by atoms with E-state index < -0.39 is 0 Å². The van der Waals surface area contributed by atoms with Crippen LogP contribution in [0.5, 0.6) is 0 Å². The predicted molar refractivity (Wildman–Crippen MR) is 71.9 cm³/mol. The fourth-order valence-corrected chi connectivity index (χ4v) is 2.19. The van der Waals surface area contributed by atoms with Crippen LogP contribution < -0.4 is 0 Å². The van der Waals surface area contributed by atoms with Gasteiger partial charge in [0.1, 0.15) is 0 Å². The summed E-state index contributed by atoms with van der Waals surface area (Å²) in [6.07, 6.45) is 2.50. The van der Waals surface area contributed by atoms with Crippen molar-refractivity contribution in [2.45, 2.75) is 17.7 Å². The Labute approximate surface area is 113 Å². The zero-order valence-electron chi connectivity index (χ0n) is 10.7. The molecular weight excluding hydrogens is 286 g/mol. The van der Waals surface area contributed by atoms with Crippen LogP contribution in [0.15, 0.2) is 0 Å². The summed E-state index contributed by atoms with van der Waals surface area (Å²) >= 11 is 3.65. The highest BCUT2D eigenvalue weighted by Gasteiger charge is 2.15. The molecule has 0 bridgehead atoms. The lowest BCUT2D eigenvalue weighted by Crippen LogP contribution is -2.36. The van der Waals surface area contributed by atoms with Gasteiger partial charge >= 0.3 is 0 Å². The van der Waals surface area contributed by atoms with Gasteiger partial charge in [-0.25, -0.2) is 0 Å². The fourth-order valence-electron chi connectivity index (χ4n) is 1.78. The van der Waals surface area contributed by atoms with Gasteiger partial charge in [0.05, 0.1) is 33.0 Å². The number of nitrogens with zero attached hydrogens (tertiary/aromatic N) is 1. The van der Waals surface area contributed by atoms with Gasteiger partial charge in [0.25, 0.3) is 0 Å². The van der Waals surface area contributed by atoms with Gasteiger partial charge in [-0.15, -0.1) is 0 Å². The highest BCUT2D eigenvalue weighted by atomic mass is 79.9. The largest absolute Gasteiger partial charge is 0.382 e. The van der Waals surface area contributed by atoms with E-state index >= 15 is 0 Å². The van der Waals surface area contributed by atoms with E-state index in [-0.39, 0.29) is 0 Å². The smallest absolute Gasteiger partial charge is 0.0701 e. The number of methoxy groups -OCH3 is 1. The summed E-state index contributed by atoms with van der Waals surface area (Å²) in [4.78, 5) is 3.18. The first-order valence-electron chi connectivity index (χ1n) is 6.34. The lowest BCUT2D eigenvalue weighted by molar-refractivity contribution is 0.0185. The van der Waals surface area contributed by atoms with E-state index in [4.69, 9.17) is 14.2 Å². The number of hydrogen-bond acceptors (Lipinski definition) is 4. The third kappa shape index (κ3) is 8.11. The number of rotatable bonds is 9. The van der Waals surface area contributed by atoms with E-state index in [0.29, 0.717) is 31.3 Å². The summed E-state index contributed by atoms with van der Waals surface area (Å²) in [6.45, 7) is 6.86. The molecule has 0 N–H and O–H groups in total. The molecule has 5 heteroatoms. The molecule has 1 rings (SSSR count). The van der Waals surface area contributed by atoms with Gasteiger partial charge < -0.3 is 19.1 Å². The SMILES string of the molecule is COCCOCCOCCN1CCC(Br)CC1. The van der Waals surface area contributed by atoms with Crippen molar-refractivity contribution in [3.63, 3.8) is 0 Å². The van der Waals surface area contributed by atoms with Crippen LogP contribution in [0.25, 0.3) is 0 Å². The molecule has 0 aromatic rings. The molecule has 1 fully saturated rings. The third-order valence-electron chi connectivity index (χ3n) is 2.87. The minimum absolute atomic E-state index is 0.651. The molecule has 102 valence electrons. The monoisotopic (exact) mass is 309 g/mol. The molecule has 1 aliphatic heterocycles. The van der Waals surface area contributed by atoms with E-state index in [1.807, 2.05) is 0 Å². The molecule has 0 aliphatic carbocycles. The van der Waals surface area contributed by atoms with Crippen molar-refractivity contribution in [2.75, 3.05) is 59.8 Å². The van der Waals surface area contributed by atoms with Crippen LogP contribution in [-0.4, -0.2) is 69.5 Å². The maximum atomic E-state index is 5.52.